The summed E-state index contributed by atoms with van der Waals surface area (Å²) in [5.74, 6) is 0.692. The van der Waals surface area contributed by atoms with Crippen molar-refractivity contribution in [1.29, 1.82) is 5.26 Å². The summed E-state index contributed by atoms with van der Waals surface area (Å²) in [4.78, 5) is 28.4. The molecule has 1 saturated heterocycles. The molecule has 2 amide bonds. The summed E-state index contributed by atoms with van der Waals surface area (Å²) in [7, 11) is 0. The van der Waals surface area contributed by atoms with Gasteiger partial charge in [-0.15, -0.1) is 11.8 Å². The molecule has 1 fully saturated rings. The van der Waals surface area contributed by atoms with Crippen LogP contribution >= 0.6 is 11.8 Å². The number of benzene rings is 1. The number of hydrogen-bond donors (Lipinski definition) is 2. The monoisotopic (exact) mass is 402 g/mol. The van der Waals surface area contributed by atoms with Gasteiger partial charge in [-0.2, -0.15) is 5.26 Å². The molecule has 28 heavy (non-hydrogen) atoms. The molecule has 1 aromatic carbocycles. The van der Waals surface area contributed by atoms with Crippen molar-refractivity contribution >= 4 is 23.6 Å². The fourth-order valence-corrected chi connectivity index (χ4v) is 4.11. The first-order valence-electron chi connectivity index (χ1n) is 9.90. The molecule has 0 saturated carbocycles. The van der Waals surface area contributed by atoms with Gasteiger partial charge < -0.3 is 15.5 Å². The van der Waals surface area contributed by atoms with Gasteiger partial charge in [0.1, 0.15) is 12.6 Å². The Bertz CT molecular complexity index is 679. The molecule has 6 nitrogen and oxygen atoms in total. The molecular formula is C21H30N4O2S. The number of nitriles is 1. The van der Waals surface area contributed by atoms with Crippen LogP contribution in [-0.2, 0) is 4.79 Å². The Kier molecular flexibility index (Phi) is 9.32. The maximum atomic E-state index is 12.5. The number of nitrogens with zero attached hydrogens (tertiary/aromatic N) is 2. The number of amides is 2. The summed E-state index contributed by atoms with van der Waals surface area (Å²) >= 11 is 1.80. The number of thioether (sulfide) groups is 1. The van der Waals surface area contributed by atoms with Crippen LogP contribution < -0.4 is 10.6 Å². The van der Waals surface area contributed by atoms with Crippen LogP contribution in [0.4, 0.5) is 0 Å². The minimum absolute atomic E-state index is 0.0628. The van der Waals surface area contributed by atoms with Crippen LogP contribution in [0, 0.1) is 17.2 Å². The predicted octanol–water partition coefficient (Wildman–Crippen LogP) is 2.66. The standard InChI is InChI=1S/C21H30N4O2S/c1-16(2)15-19(21(27)23-10-9-22)24-20(26)17-5-7-18(8-6-17)28-14-13-25-11-3-4-12-25/h5-8,16,19H,3-4,10-15H2,1-2H3,(H,23,27)(H,24,26). The first-order chi connectivity index (χ1) is 13.5. The molecule has 0 radical (unpaired) electrons. The molecule has 1 heterocycles. The Morgan fingerprint density at radius 3 is 2.50 bits per heavy atom. The quantitative estimate of drug-likeness (QED) is 0.464. The summed E-state index contributed by atoms with van der Waals surface area (Å²) < 4.78 is 0. The van der Waals surface area contributed by atoms with Crippen LogP contribution in [0.5, 0.6) is 0 Å². The van der Waals surface area contributed by atoms with E-state index in [1.165, 1.54) is 25.9 Å². The molecule has 0 aromatic heterocycles. The van der Waals surface area contributed by atoms with Gasteiger partial charge in [0, 0.05) is 22.8 Å². The van der Waals surface area contributed by atoms with Crippen molar-refractivity contribution in [3.63, 3.8) is 0 Å². The normalized spacial score (nSPS) is 15.2. The van der Waals surface area contributed by atoms with E-state index < -0.39 is 6.04 Å². The van der Waals surface area contributed by atoms with Crippen molar-refractivity contribution in [3.8, 4) is 6.07 Å². The van der Waals surface area contributed by atoms with Gasteiger partial charge in [-0.3, -0.25) is 9.59 Å². The van der Waals surface area contributed by atoms with Crippen molar-refractivity contribution in [3.05, 3.63) is 29.8 Å². The highest BCUT2D eigenvalue weighted by Gasteiger charge is 2.22. The highest BCUT2D eigenvalue weighted by Crippen LogP contribution is 2.19. The number of likely N-dealkylation sites (tertiary alicyclic amines) is 1. The first kappa shape index (κ1) is 22.3. The Morgan fingerprint density at radius 2 is 1.89 bits per heavy atom. The van der Waals surface area contributed by atoms with Gasteiger partial charge in [0.25, 0.3) is 5.91 Å². The minimum atomic E-state index is -0.643. The third-order valence-corrected chi connectivity index (χ3v) is 5.65. The lowest BCUT2D eigenvalue weighted by Crippen LogP contribution is -2.47. The van der Waals surface area contributed by atoms with E-state index in [-0.39, 0.29) is 24.3 Å². The molecule has 1 aliphatic heterocycles. The lowest BCUT2D eigenvalue weighted by Gasteiger charge is -2.19. The number of rotatable bonds is 10. The third-order valence-electron chi connectivity index (χ3n) is 4.66. The van der Waals surface area contributed by atoms with Crippen LogP contribution in [0.25, 0.3) is 0 Å². The van der Waals surface area contributed by atoms with Crippen molar-refractivity contribution in [1.82, 2.24) is 15.5 Å². The fourth-order valence-electron chi connectivity index (χ4n) is 3.20. The molecule has 0 spiro atoms. The molecule has 2 rings (SSSR count). The zero-order valence-corrected chi connectivity index (χ0v) is 17.6. The molecule has 1 atom stereocenters. The minimum Gasteiger partial charge on any atom is -0.341 e. The van der Waals surface area contributed by atoms with E-state index in [9.17, 15) is 9.59 Å². The van der Waals surface area contributed by atoms with Gasteiger partial charge in [0.15, 0.2) is 0 Å². The molecule has 0 bridgehead atoms. The van der Waals surface area contributed by atoms with Crippen LogP contribution in [-0.4, -0.2) is 54.7 Å². The SMILES string of the molecule is CC(C)CC(NC(=O)c1ccc(SCCN2CCCC2)cc1)C(=O)NCC#N. The summed E-state index contributed by atoms with van der Waals surface area (Å²) in [6, 6.07) is 8.75. The van der Waals surface area contributed by atoms with Crippen LogP contribution in [0.2, 0.25) is 0 Å². The summed E-state index contributed by atoms with van der Waals surface area (Å²) in [6.45, 7) is 7.43. The second-order valence-electron chi connectivity index (χ2n) is 7.45. The highest BCUT2D eigenvalue weighted by molar-refractivity contribution is 7.99. The molecule has 2 N–H and O–H groups in total. The third kappa shape index (κ3) is 7.53. The maximum absolute atomic E-state index is 12.5. The fraction of sp³-hybridized carbons (Fsp3) is 0.571. The highest BCUT2D eigenvalue weighted by atomic mass is 32.2. The zero-order valence-electron chi connectivity index (χ0n) is 16.7. The summed E-state index contributed by atoms with van der Waals surface area (Å²) in [6.07, 6.45) is 3.13. The average Bonchev–Trinajstić information content (AvgIpc) is 3.19. The first-order valence-corrected chi connectivity index (χ1v) is 10.9. The maximum Gasteiger partial charge on any atom is 0.251 e. The Balaban J connectivity index is 1.86. The largest absolute Gasteiger partial charge is 0.341 e. The number of nitrogens with one attached hydrogen (secondary N) is 2. The van der Waals surface area contributed by atoms with Crippen LogP contribution in [0.15, 0.2) is 29.2 Å². The number of carbonyl (C=O) groups is 2. The van der Waals surface area contributed by atoms with Crippen molar-refractivity contribution in [2.45, 2.75) is 44.0 Å². The van der Waals surface area contributed by atoms with E-state index in [0.29, 0.717) is 12.0 Å². The van der Waals surface area contributed by atoms with E-state index in [1.807, 2.05) is 32.0 Å². The zero-order chi connectivity index (χ0) is 20.4. The smallest absolute Gasteiger partial charge is 0.251 e. The van der Waals surface area contributed by atoms with E-state index in [4.69, 9.17) is 5.26 Å². The molecule has 1 unspecified atom stereocenters. The number of hydrogen-bond acceptors (Lipinski definition) is 5. The number of carbonyl (C=O) groups excluding carboxylic acids is 2. The molecule has 7 heteroatoms. The van der Waals surface area contributed by atoms with Crippen molar-refractivity contribution in [2.75, 3.05) is 31.9 Å². The van der Waals surface area contributed by atoms with Crippen LogP contribution in [0.3, 0.4) is 0 Å². The lowest BCUT2D eigenvalue weighted by molar-refractivity contribution is -0.123. The summed E-state index contributed by atoms with van der Waals surface area (Å²) in [5.41, 5.74) is 0.533. The summed E-state index contributed by atoms with van der Waals surface area (Å²) in [5, 5.41) is 14.0. The molecule has 0 aliphatic carbocycles. The molecular weight excluding hydrogens is 372 g/mol. The van der Waals surface area contributed by atoms with Gasteiger partial charge in [-0.05, 0) is 62.5 Å². The van der Waals surface area contributed by atoms with Crippen molar-refractivity contribution < 1.29 is 9.59 Å². The van der Waals surface area contributed by atoms with Gasteiger partial charge in [-0.25, -0.2) is 0 Å². The predicted molar refractivity (Wildman–Crippen MR) is 112 cm³/mol. The van der Waals surface area contributed by atoms with Crippen LogP contribution in [0.1, 0.15) is 43.5 Å². The second kappa shape index (κ2) is 11.7. The Hall–Kier alpha value is -2.04. The Labute approximate surface area is 172 Å². The van der Waals surface area contributed by atoms with Crippen molar-refractivity contribution in [2.24, 2.45) is 5.92 Å². The molecule has 1 aromatic rings. The molecule has 1 aliphatic rings. The Morgan fingerprint density at radius 1 is 1.21 bits per heavy atom. The molecule has 152 valence electrons. The van der Waals surface area contributed by atoms with E-state index in [2.05, 4.69) is 15.5 Å². The van der Waals surface area contributed by atoms with E-state index in [0.717, 1.165) is 17.2 Å². The van der Waals surface area contributed by atoms with Gasteiger partial charge in [-0.1, -0.05) is 13.8 Å². The van der Waals surface area contributed by atoms with Gasteiger partial charge in [0.05, 0.1) is 6.07 Å². The van der Waals surface area contributed by atoms with Gasteiger partial charge in [0.2, 0.25) is 5.91 Å². The second-order valence-corrected chi connectivity index (χ2v) is 8.62. The lowest BCUT2D eigenvalue weighted by atomic mass is 10.0. The van der Waals surface area contributed by atoms with E-state index in [1.54, 1.807) is 23.9 Å². The van der Waals surface area contributed by atoms with Gasteiger partial charge >= 0.3 is 0 Å². The average molecular weight is 403 g/mol. The van der Waals surface area contributed by atoms with E-state index >= 15 is 0 Å². The topological polar surface area (TPSA) is 85.2 Å².